The molecule has 1 saturated carbocycles. The molecule has 21 heavy (non-hydrogen) atoms. The van der Waals surface area contributed by atoms with Gasteiger partial charge in [-0.05, 0) is 49.1 Å². The van der Waals surface area contributed by atoms with Crippen molar-refractivity contribution < 1.29 is 5.11 Å². The smallest absolute Gasteiger partial charge is 0.118 e. The molecule has 0 saturated heterocycles. The molecule has 0 heterocycles. The lowest BCUT2D eigenvalue weighted by atomic mass is 9.80. The minimum Gasteiger partial charge on any atom is -0.508 e. The monoisotopic (exact) mass is 281 g/mol. The molecule has 0 spiro atoms. The highest BCUT2D eigenvalue weighted by Crippen LogP contribution is 2.35. The molecule has 1 fully saturated rings. The van der Waals surface area contributed by atoms with Crippen molar-refractivity contribution >= 4 is 5.69 Å². The molecule has 1 aliphatic rings. The molecule has 110 valence electrons. The summed E-state index contributed by atoms with van der Waals surface area (Å²) >= 11 is 0. The van der Waals surface area contributed by atoms with Gasteiger partial charge in [0, 0.05) is 17.6 Å². The lowest BCUT2D eigenvalue weighted by molar-refractivity contribution is 0.405. The van der Waals surface area contributed by atoms with Crippen LogP contribution in [0.3, 0.4) is 0 Å². The molecule has 2 N–H and O–H groups in total. The van der Waals surface area contributed by atoms with Gasteiger partial charge < -0.3 is 10.4 Å². The topological polar surface area (TPSA) is 32.3 Å². The van der Waals surface area contributed by atoms with Gasteiger partial charge in [0.1, 0.15) is 5.75 Å². The van der Waals surface area contributed by atoms with Crippen LogP contribution in [0.1, 0.15) is 42.7 Å². The lowest BCUT2D eigenvalue weighted by Gasteiger charge is -2.33. The van der Waals surface area contributed by atoms with Crippen LogP contribution in [-0.4, -0.2) is 11.1 Å². The van der Waals surface area contributed by atoms with Crippen LogP contribution in [-0.2, 0) is 0 Å². The van der Waals surface area contributed by atoms with Crippen LogP contribution in [0, 0.1) is 6.92 Å². The fraction of sp³-hybridized carbons (Fsp3) is 0.368. The van der Waals surface area contributed by atoms with Crippen LogP contribution in [0.5, 0.6) is 5.75 Å². The third-order valence-corrected chi connectivity index (χ3v) is 4.54. The molecule has 2 unspecified atom stereocenters. The predicted octanol–water partition coefficient (Wildman–Crippen LogP) is 4.84. The minimum atomic E-state index is 0.365. The normalized spacial score (nSPS) is 22.0. The Hall–Kier alpha value is -1.96. The number of hydrogen-bond acceptors (Lipinski definition) is 2. The SMILES string of the molecule is Cc1cc(NC2CCCCC2c2ccccc2)ccc1O. The van der Waals surface area contributed by atoms with E-state index >= 15 is 0 Å². The standard InChI is InChI=1S/C19H23NO/c1-14-13-16(11-12-19(14)21)20-18-10-6-5-9-17(18)15-7-3-2-4-8-15/h2-4,7-8,11-13,17-18,20-21H,5-6,9-10H2,1H3. The first-order valence-electron chi connectivity index (χ1n) is 7.85. The number of benzene rings is 2. The fourth-order valence-corrected chi connectivity index (χ4v) is 3.36. The van der Waals surface area contributed by atoms with Gasteiger partial charge in [-0.3, -0.25) is 0 Å². The second kappa shape index (κ2) is 6.21. The second-order valence-corrected chi connectivity index (χ2v) is 6.05. The average molecular weight is 281 g/mol. The Kier molecular flexibility index (Phi) is 4.14. The Balaban J connectivity index is 1.79. The van der Waals surface area contributed by atoms with E-state index in [0.29, 0.717) is 17.7 Å². The van der Waals surface area contributed by atoms with Crippen LogP contribution in [0.15, 0.2) is 48.5 Å². The predicted molar refractivity (Wildman–Crippen MR) is 87.9 cm³/mol. The Morgan fingerprint density at radius 3 is 2.52 bits per heavy atom. The first kappa shape index (κ1) is 14.0. The van der Waals surface area contributed by atoms with E-state index in [1.54, 1.807) is 6.07 Å². The lowest BCUT2D eigenvalue weighted by Crippen LogP contribution is -2.30. The van der Waals surface area contributed by atoms with Crippen molar-refractivity contribution in [2.75, 3.05) is 5.32 Å². The molecular formula is C19H23NO. The zero-order valence-corrected chi connectivity index (χ0v) is 12.5. The van der Waals surface area contributed by atoms with E-state index in [2.05, 4.69) is 35.6 Å². The summed E-state index contributed by atoms with van der Waals surface area (Å²) in [5.74, 6) is 0.942. The zero-order valence-electron chi connectivity index (χ0n) is 12.5. The highest BCUT2D eigenvalue weighted by Gasteiger charge is 2.26. The molecule has 1 aliphatic carbocycles. The van der Waals surface area contributed by atoms with Crippen molar-refractivity contribution in [3.05, 3.63) is 59.7 Å². The highest BCUT2D eigenvalue weighted by molar-refractivity contribution is 5.51. The largest absolute Gasteiger partial charge is 0.508 e. The number of anilines is 1. The summed E-state index contributed by atoms with van der Waals surface area (Å²) in [6, 6.07) is 17.1. The van der Waals surface area contributed by atoms with Crippen molar-refractivity contribution in [1.29, 1.82) is 0 Å². The molecule has 0 aliphatic heterocycles. The first-order chi connectivity index (χ1) is 10.2. The maximum atomic E-state index is 9.65. The van der Waals surface area contributed by atoms with Crippen molar-refractivity contribution in [1.82, 2.24) is 0 Å². The van der Waals surface area contributed by atoms with Gasteiger partial charge in [0.15, 0.2) is 0 Å². The van der Waals surface area contributed by atoms with Crippen molar-refractivity contribution in [2.45, 2.75) is 44.6 Å². The first-order valence-corrected chi connectivity index (χ1v) is 7.85. The molecule has 2 nitrogen and oxygen atoms in total. The summed E-state index contributed by atoms with van der Waals surface area (Å²) in [7, 11) is 0. The van der Waals surface area contributed by atoms with Crippen LogP contribution in [0.4, 0.5) is 5.69 Å². The fourth-order valence-electron chi connectivity index (χ4n) is 3.36. The number of phenols is 1. The van der Waals surface area contributed by atoms with Gasteiger partial charge in [0.25, 0.3) is 0 Å². The second-order valence-electron chi connectivity index (χ2n) is 6.05. The van der Waals surface area contributed by atoms with E-state index < -0.39 is 0 Å². The van der Waals surface area contributed by atoms with Gasteiger partial charge >= 0.3 is 0 Å². The number of rotatable bonds is 3. The summed E-state index contributed by atoms with van der Waals surface area (Å²) in [5.41, 5.74) is 3.47. The van der Waals surface area contributed by atoms with Gasteiger partial charge in [-0.1, -0.05) is 43.2 Å². The quantitative estimate of drug-likeness (QED) is 0.789. The van der Waals surface area contributed by atoms with Gasteiger partial charge in [0.2, 0.25) is 0 Å². The third-order valence-electron chi connectivity index (χ3n) is 4.54. The number of nitrogens with one attached hydrogen (secondary N) is 1. The molecule has 2 heteroatoms. The van der Waals surface area contributed by atoms with Crippen LogP contribution in [0.2, 0.25) is 0 Å². The van der Waals surface area contributed by atoms with E-state index in [1.807, 2.05) is 19.1 Å². The Labute approximate surface area is 126 Å². The van der Waals surface area contributed by atoms with E-state index in [-0.39, 0.29) is 0 Å². The number of phenolic OH excluding ortho intramolecular Hbond substituents is 1. The summed E-state index contributed by atoms with van der Waals surface area (Å²) in [6.45, 7) is 1.94. The number of aryl methyl sites for hydroxylation is 1. The molecule has 0 amide bonds. The number of hydrogen-bond donors (Lipinski definition) is 2. The molecule has 0 radical (unpaired) electrons. The Morgan fingerprint density at radius 2 is 1.76 bits per heavy atom. The summed E-state index contributed by atoms with van der Waals surface area (Å²) in [6.07, 6.45) is 5.06. The Bertz CT molecular complexity index is 594. The highest BCUT2D eigenvalue weighted by atomic mass is 16.3. The van der Waals surface area contributed by atoms with Gasteiger partial charge in [-0.15, -0.1) is 0 Å². The zero-order chi connectivity index (χ0) is 14.7. The van der Waals surface area contributed by atoms with Crippen LogP contribution in [0.25, 0.3) is 0 Å². The van der Waals surface area contributed by atoms with Crippen molar-refractivity contribution in [2.24, 2.45) is 0 Å². The summed E-state index contributed by atoms with van der Waals surface area (Å²) < 4.78 is 0. The van der Waals surface area contributed by atoms with E-state index in [1.165, 1.54) is 31.2 Å². The molecule has 2 atom stereocenters. The van der Waals surface area contributed by atoms with Gasteiger partial charge in [-0.2, -0.15) is 0 Å². The van der Waals surface area contributed by atoms with E-state index in [0.717, 1.165) is 11.3 Å². The summed E-state index contributed by atoms with van der Waals surface area (Å²) in [5, 5.41) is 13.3. The Morgan fingerprint density at radius 1 is 1.00 bits per heavy atom. The van der Waals surface area contributed by atoms with Gasteiger partial charge in [-0.25, -0.2) is 0 Å². The van der Waals surface area contributed by atoms with Crippen LogP contribution >= 0.6 is 0 Å². The van der Waals surface area contributed by atoms with Gasteiger partial charge in [0.05, 0.1) is 0 Å². The van der Waals surface area contributed by atoms with E-state index in [4.69, 9.17) is 0 Å². The average Bonchev–Trinajstić information content (AvgIpc) is 2.52. The van der Waals surface area contributed by atoms with Crippen molar-refractivity contribution in [3.63, 3.8) is 0 Å². The third kappa shape index (κ3) is 3.21. The van der Waals surface area contributed by atoms with Crippen LogP contribution < -0.4 is 5.32 Å². The molecule has 2 aromatic carbocycles. The molecular weight excluding hydrogens is 258 g/mol. The molecule has 2 aromatic rings. The molecule has 0 aromatic heterocycles. The molecule has 3 rings (SSSR count). The van der Waals surface area contributed by atoms with E-state index in [9.17, 15) is 5.11 Å². The maximum absolute atomic E-state index is 9.65. The van der Waals surface area contributed by atoms with Crippen molar-refractivity contribution in [3.8, 4) is 5.75 Å². The summed E-state index contributed by atoms with van der Waals surface area (Å²) in [4.78, 5) is 0. The maximum Gasteiger partial charge on any atom is 0.118 e. The number of aromatic hydroxyl groups is 1. The molecule has 0 bridgehead atoms. The minimum absolute atomic E-state index is 0.365.